The van der Waals surface area contributed by atoms with E-state index in [1.807, 2.05) is 12.3 Å². The lowest BCUT2D eigenvalue weighted by Crippen LogP contribution is -1.89. The fourth-order valence-corrected chi connectivity index (χ4v) is 1.92. The highest BCUT2D eigenvalue weighted by Crippen LogP contribution is 2.22. The van der Waals surface area contributed by atoms with Crippen LogP contribution in [0, 0.1) is 3.57 Å². The summed E-state index contributed by atoms with van der Waals surface area (Å²) < 4.78 is 6.17. The van der Waals surface area contributed by atoms with Gasteiger partial charge in [0.15, 0.2) is 5.75 Å². The van der Waals surface area contributed by atoms with Crippen LogP contribution >= 0.6 is 34.4 Å². The molecule has 0 aliphatic rings. The van der Waals surface area contributed by atoms with Gasteiger partial charge in [0, 0.05) is 0 Å². The molecule has 0 radical (unpaired) electrons. The molecule has 0 unspecified atom stereocenters. The number of hydrogen-bond acceptors (Lipinski definition) is 3. The molecule has 0 bridgehead atoms. The third-order valence-electron chi connectivity index (χ3n) is 1.22. The maximum atomic E-state index is 5.07. The highest BCUT2D eigenvalue weighted by Gasteiger charge is 2.00. The van der Waals surface area contributed by atoms with Crippen LogP contribution in [0.1, 0.15) is 0 Å². The second-order valence-electron chi connectivity index (χ2n) is 1.86. The summed E-state index contributed by atoms with van der Waals surface area (Å²) in [7, 11) is 1.65. The van der Waals surface area contributed by atoms with Gasteiger partial charge in [-0.1, -0.05) is 0 Å². The number of thioether (sulfide) groups is 1. The van der Waals surface area contributed by atoms with E-state index in [0.29, 0.717) is 0 Å². The summed E-state index contributed by atoms with van der Waals surface area (Å²) in [6.45, 7) is 0. The molecule has 0 spiro atoms. The predicted molar refractivity (Wildman–Crippen MR) is 55.3 cm³/mol. The van der Waals surface area contributed by atoms with E-state index >= 15 is 0 Å². The molecule has 0 atom stereocenters. The SMILES string of the molecule is COc1cnc(SC)cc1I. The lowest BCUT2D eigenvalue weighted by atomic mass is 10.5. The lowest BCUT2D eigenvalue weighted by molar-refractivity contribution is 0.409. The minimum Gasteiger partial charge on any atom is -0.494 e. The summed E-state index contributed by atoms with van der Waals surface area (Å²) in [6.07, 6.45) is 3.75. The number of ether oxygens (including phenoxy) is 1. The monoisotopic (exact) mass is 281 g/mol. The Hall–Kier alpha value is 0.0300. The first-order valence-electron chi connectivity index (χ1n) is 3.01. The van der Waals surface area contributed by atoms with E-state index in [1.165, 1.54) is 0 Å². The second kappa shape index (κ2) is 4.15. The Morgan fingerprint density at radius 1 is 1.64 bits per heavy atom. The Bertz CT molecular complexity index is 254. The van der Waals surface area contributed by atoms with Crippen molar-refractivity contribution in [1.82, 2.24) is 4.98 Å². The molecule has 2 nitrogen and oxygen atoms in total. The summed E-state index contributed by atoms with van der Waals surface area (Å²) in [5.41, 5.74) is 0. The molecule has 4 heteroatoms. The fraction of sp³-hybridized carbons (Fsp3) is 0.286. The molecular weight excluding hydrogens is 273 g/mol. The first-order chi connectivity index (χ1) is 5.27. The molecule has 0 aliphatic heterocycles. The van der Waals surface area contributed by atoms with Crippen LogP contribution in [0.3, 0.4) is 0 Å². The van der Waals surface area contributed by atoms with Crippen LogP contribution < -0.4 is 4.74 Å². The highest BCUT2D eigenvalue weighted by atomic mass is 127. The molecule has 0 amide bonds. The average molecular weight is 281 g/mol. The van der Waals surface area contributed by atoms with Crippen LogP contribution in [-0.4, -0.2) is 18.3 Å². The van der Waals surface area contributed by atoms with Gasteiger partial charge in [0.25, 0.3) is 0 Å². The molecule has 0 aliphatic carbocycles. The summed E-state index contributed by atoms with van der Waals surface area (Å²) in [4.78, 5) is 4.16. The van der Waals surface area contributed by atoms with Crippen LogP contribution in [-0.2, 0) is 0 Å². The molecule has 1 aromatic rings. The molecule has 0 fully saturated rings. The molecule has 1 heterocycles. The molecule has 0 aromatic carbocycles. The van der Waals surface area contributed by atoms with Gasteiger partial charge in [0.05, 0.1) is 21.9 Å². The summed E-state index contributed by atoms with van der Waals surface area (Å²) in [5.74, 6) is 0.836. The third-order valence-corrected chi connectivity index (χ3v) is 2.71. The minimum atomic E-state index is 0.836. The quantitative estimate of drug-likeness (QED) is 0.614. The standard InChI is InChI=1S/C7H8INOS/c1-10-6-4-9-7(11-2)3-5(6)8/h3-4H,1-2H3. The molecule has 0 N–H and O–H groups in total. The van der Waals surface area contributed by atoms with E-state index in [4.69, 9.17) is 4.74 Å². The molecular formula is C7H8INOS. The van der Waals surface area contributed by atoms with Crippen molar-refractivity contribution in [3.05, 3.63) is 15.8 Å². The van der Waals surface area contributed by atoms with Gasteiger partial charge < -0.3 is 4.74 Å². The number of nitrogens with zero attached hydrogens (tertiary/aromatic N) is 1. The van der Waals surface area contributed by atoms with Crippen LogP contribution in [0.15, 0.2) is 17.3 Å². The van der Waals surface area contributed by atoms with E-state index in [1.54, 1.807) is 25.1 Å². The smallest absolute Gasteiger partial charge is 0.150 e. The summed E-state index contributed by atoms with van der Waals surface area (Å²) in [5, 5.41) is 1.02. The predicted octanol–water partition coefficient (Wildman–Crippen LogP) is 2.42. The van der Waals surface area contributed by atoms with Crippen LogP contribution in [0.5, 0.6) is 5.75 Å². The molecule has 1 rings (SSSR count). The van der Waals surface area contributed by atoms with Crippen molar-refractivity contribution >= 4 is 34.4 Å². The maximum absolute atomic E-state index is 5.07. The summed E-state index contributed by atoms with van der Waals surface area (Å²) in [6, 6.07) is 2.00. The lowest BCUT2D eigenvalue weighted by Gasteiger charge is -2.02. The number of halogens is 1. The molecule has 1 aromatic heterocycles. The van der Waals surface area contributed by atoms with Gasteiger partial charge in [0.1, 0.15) is 0 Å². The van der Waals surface area contributed by atoms with E-state index < -0.39 is 0 Å². The van der Waals surface area contributed by atoms with Crippen molar-refractivity contribution in [3.8, 4) is 5.75 Å². The zero-order chi connectivity index (χ0) is 8.27. The van der Waals surface area contributed by atoms with Crippen LogP contribution in [0.2, 0.25) is 0 Å². The number of methoxy groups -OCH3 is 1. The Kier molecular flexibility index (Phi) is 3.45. The van der Waals surface area contributed by atoms with Gasteiger partial charge in [-0.3, -0.25) is 0 Å². The zero-order valence-electron chi connectivity index (χ0n) is 6.30. The molecule has 11 heavy (non-hydrogen) atoms. The Morgan fingerprint density at radius 2 is 2.36 bits per heavy atom. The van der Waals surface area contributed by atoms with Crippen molar-refractivity contribution in [2.45, 2.75) is 5.03 Å². The first-order valence-corrected chi connectivity index (χ1v) is 5.32. The second-order valence-corrected chi connectivity index (χ2v) is 3.85. The van der Waals surface area contributed by atoms with Crippen molar-refractivity contribution in [1.29, 1.82) is 0 Å². The Labute approximate surface area is 83.9 Å². The number of pyridine rings is 1. The van der Waals surface area contributed by atoms with Gasteiger partial charge in [-0.25, -0.2) is 4.98 Å². The number of rotatable bonds is 2. The van der Waals surface area contributed by atoms with E-state index in [9.17, 15) is 0 Å². The largest absolute Gasteiger partial charge is 0.494 e. The average Bonchev–Trinajstić information content (AvgIpc) is 2.04. The van der Waals surface area contributed by atoms with E-state index in [-0.39, 0.29) is 0 Å². The van der Waals surface area contributed by atoms with Gasteiger partial charge >= 0.3 is 0 Å². The molecule has 0 saturated heterocycles. The fourth-order valence-electron chi connectivity index (χ4n) is 0.663. The Balaban J connectivity index is 2.99. The summed E-state index contributed by atoms with van der Waals surface area (Å²) >= 11 is 3.86. The van der Waals surface area contributed by atoms with Gasteiger partial charge in [-0.15, -0.1) is 11.8 Å². The minimum absolute atomic E-state index is 0.836. The number of aromatic nitrogens is 1. The van der Waals surface area contributed by atoms with Crippen molar-refractivity contribution in [3.63, 3.8) is 0 Å². The normalized spacial score (nSPS) is 9.73. The van der Waals surface area contributed by atoms with Crippen LogP contribution in [0.25, 0.3) is 0 Å². The first kappa shape index (κ1) is 9.12. The zero-order valence-corrected chi connectivity index (χ0v) is 9.27. The van der Waals surface area contributed by atoms with Gasteiger partial charge in [-0.2, -0.15) is 0 Å². The third kappa shape index (κ3) is 2.23. The van der Waals surface area contributed by atoms with Crippen molar-refractivity contribution < 1.29 is 4.74 Å². The molecule has 60 valence electrons. The van der Waals surface area contributed by atoms with Gasteiger partial charge in [-0.05, 0) is 34.9 Å². The number of hydrogen-bond donors (Lipinski definition) is 0. The molecule has 0 saturated carbocycles. The van der Waals surface area contributed by atoms with Crippen molar-refractivity contribution in [2.24, 2.45) is 0 Å². The highest BCUT2D eigenvalue weighted by molar-refractivity contribution is 14.1. The van der Waals surface area contributed by atoms with Crippen molar-refractivity contribution in [2.75, 3.05) is 13.4 Å². The van der Waals surface area contributed by atoms with Gasteiger partial charge in [0.2, 0.25) is 0 Å². The van der Waals surface area contributed by atoms with E-state index in [2.05, 4.69) is 27.6 Å². The van der Waals surface area contributed by atoms with Crippen LogP contribution in [0.4, 0.5) is 0 Å². The maximum Gasteiger partial charge on any atom is 0.150 e. The topological polar surface area (TPSA) is 22.1 Å². The van der Waals surface area contributed by atoms with E-state index in [0.717, 1.165) is 14.3 Å². The Morgan fingerprint density at radius 3 is 2.82 bits per heavy atom.